The Morgan fingerprint density at radius 1 is 1.45 bits per heavy atom. The molecule has 2 heteroatoms. The number of nitrogens with zero attached hydrogens (tertiary/aromatic N) is 1. The van der Waals surface area contributed by atoms with Crippen LogP contribution < -0.4 is 0 Å². The van der Waals surface area contributed by atoms with E-state index in [0.717, 1.165) is 13.2 Å². The Labute approximate surface area is 68.5 Å². The molecule has 0 aromatic carbocycles. The van der Waals surface area contributed by atoms with Crippen molar-refractivity contribution in [3.8, 4) is 0 Å². The second kappa shape index (κ2) is 2.76. The Bertz CT molecular complexity index is 142. The van der Waals surface area contributed by atoms with Crippen molar-refractivity contribution in [3.05, 3.63) is 6.54 Å². The molecule has 0 saturated carbocycles. The third-order valence-corrected chi connectivity index (χ3v) is 2.87. The van der Waals surface area contributed by atoms with Crippen LogP contribution in [-0.2, 0) is 4.74 Å². The van der Waals surface area contributed by atoms with Gasteiger partial charge in [0.25, 0.3) is 0 Å². The van der Waals surface area contributed by atoms with Crippen LogP contribution in [0.5, 0.6) is 0 Å². The molecule has 63 valence electrons. The fourth-order valence-electron chi connectivity index (χ4n) is 2.09. The number of rotatable bonds is 1. The summed E-state index contributed by atoms with van der Waals surface area (Å²) in [4.78, 5) is 2.42. The van der Waals surface area contributed by atoms with E-state index in [1.165, 1.54) is 25.9 Å². The van der Waals surface area contributed by atoms with Gasteiger partial charge in [0, 0.05) is 18.5 Å². The van der Waals surface area contributed by atoms with Crippen molar-refractivity contribution in [2.24, 2.45) is 5.41 Å². The maximum Gasteiger partial charge on any atom is 0.0557 e. The van der Waals surface area contributed by atoms with Gasteiger partial charge in [-0.15, -0.1) is 0 Å². The predicted octanol–water partition coefficient (Wildman–Crippen LogP) is 1.28. The second-order valence-electron chi connectivity index (χ2n) is 3.83. The molecule has 2 saturated heterocycles. The molecule has 11 heavy (non-hydrogen) atoms. The van der Waals surface area contributed by atoms with E-state index in [9.17, 15) is 0 Å². The molecule has 2 heterocycles. The fourth-order valence-corrected chi connectivity index (χ4v) is 2.09. The van der Waals surface area contributed by atoms with E-state index in [4.69, 9.17) is 4.74 Å². The molecule has 2 fully saturated rings. The summed E-state index contributed by atoms with van der Waals surface area (Å²) in [5, 5.41) is 0. The van der Waals surface area contributed by atoms with E-state index in [1.54, 1.807) is 0 Å². The lowest BCUT2D eigenvalue weighted by Crippen LogP contribution is -2.53. The highest BCUT2D eigenvalue weighted by atomic mass is 16.5. The zero-order valence-electron chi connectivity index (χ0n) is 7.18. The lowest BCUT2D eigenvalue weighted by molar-refractivity contribution is -0.140. The van der Waals surface area contributed by atoms with Gasteiger partial charge in [0.2, 0.25) is 0 Å². The molecule has 2 nitrogen and oxygen atoms in total. The average molecular weight is 154 g/mol. The van der Waals surface area contributed by atoms with Gasteiger partial charge >= 0.3 is 0 Å². The zero-order valence-corrected chi connectivity index (χ0v) is 7.18. The van der Waals surface area contributed by atoms with E-state index >= 15 is 0 Å². The van der Waals surface area contributed by atoms with Gasteiger partial charge in [-0.2, -0.15) is 0 Å². The first-order valence-corrected chi connectivity index (χ1v) is 4.46. The Morgan fingerprint density at radius 2 is 2.27 bits per heavy atom. The Hall–Kier alpha value is -0.0800. The van der Waals surface area contributed by atoms with Gasteiger partial charge < -0.3 is 4.74 Å². The van der Waals surface area contributed by atoms with Gasteiger partial charge in [-0.3, -0.25) is 4.90 Å². The maximum absolute atomic E-state index is 5.27. The molecular weight excluding hydrogens is 138 g/mol. The standard InChI is InChI=1S/C9H16NO/c1-2-10-5-3-4-9(6-10)7-11-8-9/h2H,3-8H2,1H3. The average Bonchev–Trinajstić information content (AvgIpc) is 2.02. The normalized spacial score (nSPS) is 30.3. The minimum Gasteiger partial charge on any atom is -0.380 e. The molecule has 0 N–H and O–H groups in total. The molecule has 0 amide bonds. The van der Waals surface area contributed by atoms with Gasteiger partial charge in [-0.05, 0) is 26.3 Å². The number of hydrogen-bond donors (Lipinski definition) is 0. The van der Waals surface area contributed by atoms with Gasteiger partial charge in [-0.25, -0.2) is 0 Å². The SMILES string of the molecule is C[CH]N1CCCC2(COC2)C1. The van der Waals surface area contributed by atoms with Crippen LogP contribution >= 0.6 is 0 Å². The van der Waals surface area contributed by atoms with Crippen LogP contribution in [-0.4, -0.2) is 31.2 Å². The summed E-state index contributed by atoms with van der Waals surface area (Å²) in [6.45, 7) is 8.80. The van der Waals surface area contributed by atoms with Crippen LogP contribution in [0, 0.1) is 12.0 Å². The highest BCUT2D eigenvalue weighted by Crippen LogP contribution is 2.36. The van der Waals surface area contributed by atoms with Crippen LogP contribution in [0.4, 0.5) is 0 Å². The summed E-state index contributed by atoms with van der Waals surface area (Å²) in [5.41, 5.74) is 0.546. The number of likely N-dealkylation sites (tertiary alicyclic amines) is 1. The molecule has 0 aromatic heterocycles. The monoisotopic (exact) mass is 154 g/mol. The summed E-state index contributed by atoms with van der Waals surface area (Å²) in [7, 11) is 0. The summed E-state index contributed by atoms with van der Waals surface area (Å²) in [6.07, 6.45) is 2.71. The van der Waals surface area contributed by atoms with Crippen molar-refractivity contribution in [2.45, 2.75) is 19.8 Å². The molecule has 0 unspecified atom stereocenters. The summed E-state index contributed by atoms with van der Waals surface area (Å²) >= 11 is 0. The Morgan fingerprint density at radius 3 is 2.82 bits per heavy atom. The first kappa shape index (κ1) is 7.56. The highest BCUT2D eigenvalue weighted by Gasteiger charge is 2.41. The van der Waals surface area contributed by atoms with Crippen molar-refractivity contribution in [3.63, 3.8) is 0 Å². The predicted molar refractivity (Wildman–Crippen MR) is 44.0 cm³/mol. The van der Waals surface area contributed by atoms with E-state index in [-0.39, 0.29) is 0 Å². The van der Waals surface area contributed by atoms with Crippen molar-refractivity contribution in [2.75, 3.05) is 26.3 Å². The van der Waals surface area contributed by atoms with Gasteiger partial charge in [0.05, 0.1) is 13.2 Å². The van der Waals surface area contributed by atoms with Crippen LogP contribution in [0.2, 0.25) is 0 Å². The van der Waals surface area contributed by atoms with Crippen molar-refractivity contribution in [1.29, 1.82) is 0 Å². The third kappa shape index (κ3) is 1.30. The van der Waals surface area contributed by atoms with Crippen LogP contribution in [0.1, 0.15) is 19.8 Å². The van der Waals surface area contributed by atoms with E-state index in [1.807, 2.05) is 0 Å². The second-order valence-corrected chi connectivity index (χ2v) is 3.83. The topological polar surface area (TPSA) is 12.5 Å². The number of piperidine rings is 1. The molecule has 1 radical (unpaired) electrons. The van der Waals surface area contributed by atoms with Crippen molar-refractivity contribution in [1.82, 2.24) is 4.90 Å². The van der Waals surface area contributed by atoms with Crippen LogP contribution in [0.25, 0.3) is 0 Å². The lowest BCUT2D eigenvalue weighted by atomic mass is 9.78. The van der Waals surface area contributed by atoms with E-state index in [0.29, 0.717) is 5.41 Å². The lowest BCUT2D eigenvalue weighted by Gasteiger charge is -2.47. The zero-order chi connectivity index (χ0) is 7.73. The smallest absolute Gasteiger partial charge is 0.0557 e. The van der Waals surface area contributed by atoms with Gasteiger partial charge in [-0.1, -0.05) is 0 Å². The third-order valence-electron chi connectivity index (χ3n) is 2.87. The van der Waals surface area contributed by atoms with Crippen molar-refractivity contribution < 1.29 is 4.74 Å². The Balaban J connectivity index is 1.92. The molecule has 0 aromatic rings. The van der Waals surface area contributed by atoms with E-state index < -0.39 is 0 Å². The van der Waals surface area contributed by atoms with Gasteiger partial charge in [0.15, 0.2) is 0 Å². The summed E-state index contributed by atoms with van der Waals surface area (Å²) in [5.74, 6) is 0. The summed E-state index contributed by atoms with van der Waals surface area (Å²) in [6, 6.07) is 0. The molecule has 0 atom stereocenters. The maximum atomic E-state index is 5.27. The quantitative estimate of drug-likeness (QED) is 0.564. The Kier molecular flexibility index (Phi) is 1.90. The fraction of sp³-hybridized carbons (Fsp3) is 0.889. The van der Waals surface area contributed by atoms with Crippen LogP contribution in [0.3, 0.4) is 0 Å². The highest BCUT2D eigenvalue weighted by molar-refractivity contribution is 4.92. The van der Waals surface area contributed by atoms with Crippen molar-refractivity contribution >= 4 is 0 Å². The molecule has 2 aliphatic rings. The molecule has 0 bridgehead atoms. The summed E-state index contributed by atoms with van der Waals surface area (Å²) < 4.78 is 5.27. The largest absolute Gasteiger partial charge is 0.380 e. The first-order chi connectivity index (χ1) is 5.35. The van der Waals surface area contributed by atoms with E-state index in [2.05, 4.69) is 18.4 Å². The van der Waals surface area contributed by atoms with Crippen LogP contribution in [0.15, 0.2) is 0 Å². The van der Waals surface area contributed by atoms with Gasteiger partial charge in [0.1, 0.15) is 0 Å². The number of hydrogen-bond acceptors (Lipinski definition) is 2. The molecule has 2 rings (SSSR count). The molecule has 0 aliphatic carbocycles. The first-order valence-electron chi connectivity index (χ1n) is 4.46. The molecule has 1 spiro atoms. The number of ether oxygens (including phenoxy) is 1. The molecule has 2 aliphatic heterocycles. The minimum absolute atomic E-state index is 0.546. The minimum atomic E-state index is 0.546. The molecular formula is C9H16NO.